The fraction of sp³-hybridized carbons (Fsp3) is 0.333. The Morgan fingerprint density at radius 1 is 1.22 bits per heavy atom. The van der Waals surface area contributed by atoms with Crippen molar-refractivity contribution < 1.29 is 0 Å². The van der Waals surface area contributed by atoms with Crippen molar-refractivity contribution >= 4 is 27.3 Å². The van der Waals surface area contributed by atoms with E-state index in [1.165, 1.54) is 26.7 Å². The van der Waals surface area contributed by atoms with Crippen LogP contribution in [0.5, 0.6) is 0 Å². The van der Waals surface area contributed by atoms with Gasteiger partial charge in [0, 0.05) is 28.0 Å². The van der Waals surface area contributed by atoms with Gasteiger partial charge >= 0.3 is 0 Å². The van der Waals surface area contributed by atoms with Gasteiger partial charge in [-0.15, -0.1) is 0 Å². The molecular formula is C15H18BrNS. The predicted molar refractivity (Wildman–Crippen MR) is 84.2 cm³/mol. The zero-order valence-corrected chi connectivity index (χ0v) is 13.4. The van der Waals surface area contributed by atoms with Gasteiger partial charge in [0.1, 0.15) is 0 Å². The molecular weight excluding hydrogens is 306 g/mol. The molecule has 1 aromatic heterocycles. The molecule has 0 aliphatic rings. The third-order valence-electron chi connectivity index (χ3n) is 2.91. The Kier molecular flexibility index (Phi) is 4.60. The molecule has 2 rings (SSSR count). The number of halogens is 1. The highest BCUT2D eigenvalue weighted by molar-refractivity contribution is 9.10. The second kappa shape index (κ2) is 6.00. The first-order valence-electron chi connectivity index (χ1n) is 6.13. The summed E-state index contributed by atoms with van der Waals surface area (Å²) in [5.41, 5.74) is 5.28. The molecule has 3 heteroatoms. The number of aryl methyl sites for hydroxylation is 1. The lowest BCUT2D eigenvalue weighted by atomic mass is 10.0. The molecule has 0 unspecified atom stereocenters. The van der Waals surface area contributed by atoms with Crippen LogP contribution in [0.2, 0.25) is 0 Å². The molecule has 0 aliphatic carbocycles. The zero-order chi connectivity index (χ0) is 13.1. The second-order valence-electron chi connectivity index (χ2n) is 4.82. The van der Waals surface area contributed by atoms with Crippen LogP contribution in [-0.4, -0.2) is 6.04 Å². The molecule has 0 spiro atoms. The molecule has 2 aromatic rings. The van der Waals surface area contributed by atoms with Crippen molar-refractivity contribution in [2.45, 2.75) is 33.4 Å². The molecule has 0 saturated carbocycles. The summed E-state index contributed by atoms with van der Waals surface area (Å²) in [6, 6.07) is 7.23. The molecule has 0 radical (unpaired) electrons. The fourth-order valence-electron chi connectivity index (χ4n) is 1.93. The van der Waals surface area contributed by atoms with Gasteiger partial charge in [-0.05, 0) is 44.9 Å². The van der Waals surface area contributed by atoms with E-state index >= 15 is 0 Å². The highest BCUT2D eigenvalue weighted by Gasteiger charge is 2.07. The molecule has 18 heavy (non-hydrogen) atoms. The van der Waals surface area contributed by atoms with Gasteiger partial charge in [-0.1, -0.05) is 32.0 Å². The van der Waals surface area contributed by atoms with Crippen molar-refractivity contribution in [3.05, 3.63) is 44.6 Å². The summed E-state index contributed by atoms with van der Waals surface area (Å²) >= 11 is 5.33. The van der Waals surface area contributed by atoms with Crippen LogP contribution >= 0.6 is 27.3 Å². The summed E-state index contributed by atoms with van der Waals surface area (Å²) in [6.45, 7) is 7.45. The third-order valence-corrected chi connectivity index (χ3v) is 4.61. The van der Waals surface area contributed by atoms with Gasteiger partial charge < -0.3 is 5.32 Å². The van der Waals surface area contributed by atoms with E-state index in [9.17, 15) is 0 Å². The van der Waals surface area contributed by atoms with E-state index in [-0.39, 0.29) is 0 Å². The molecule has 96 valence electrons. The minimum atomic E-state index is 0.524. The summed E-state index contributed by atoms with van der Waals surface area (Å²) < 4.78 is 1.18. The van der Waals surface area contributed by atoms with E-state index in [2.05, 4.69) is 71.0 Å². The van der Waals surface area contributed by atoms with Gasteiger partial charge in [-0.25, -0.2) is 0 Å². The van der Waals surface area contributed by atoms with Crippen LogP contribution in [0.3, 0.4) is 0 Å². The Balaban J connectivity index is 2.23. The molecule has 1 N–H and O–H groups in total. The normalized spacial score (nSPS) is 11.2. The van der Waals surface area contributed by atoms with Gasteiger partial charge in [-0.2, -0.15) is 11.3 Å². The van der Waals surface area contributed by atoms with Crippen LogP contribution in [0.25, 0.3) is 11.1 Å². The van der Waals surface area contributed by atoms with Crippen LogP contribution in [0.4, 0.5) is 0 Å². The lowest BCUT2D eigenvalue weighted by molar-refractivity contribution is 0.589. The Hall–Kier alpha value is -0.640. The summed E-state index contributed by atoms with van der Waals surface area (Å²) in [6.07, 6.45) is 0. The Morgan fingerprint density at radius 2 is 2.00 bits per heavy atom. The molecule has 0 bridgehead atoms. The van der Waals surface area contributed by atoms with Crippen molar-refractivity contribution in [1.29, 1.82) is 0 Å². The lowest BCUT2D eigenvalue weighted by Crippen LogP contribution is -2.21. The number of thiophene rings is 1. The molecule has 0 fully saturated rings. The van der Waals surface area contributed by atoms with Crippen molar-refractivity contribution in [2.24, 2.45) is 0 Å². The van der Waals surface area contributed by atoms with Gasteiger partial charge in [-0.3, -0.25) is 0 Å². The monoisotopic (exact) mass is 323 g/mol. The zero-order valence-electron chi connectivity index (χ0n) is 11.0. The average molecular weight is 324 g/mol. The van der Waals surface area contributed by atoms with Gasteiger partial charge in [0.25, 0.3) is 0 Å². The van der Waals surface area contributed by atoms with Crippen molar-refractivity contribution in [3.63, 3.8) is 0 Å². The molecule has 1 aromatic carbocycles. The van der Waals surface area contributed by atoms with E-state index in [0.717, 1.165) is 6.54 Å². The van der Waals surface area contributed by atoms with E-state index in [1.807, 2.05) is 0 Å². The smallest absolute Gasteiger partial charge is 0.0360 e. The van der Waals surface area contributed by atoms with E-state index in [4.69, 9.17) is 0 Å². The third kappa shape index (κ3) is 3.22. The average Bonchev–Trinajstić information content (AvgIpc) is 2.73. The largest absolute Gasteiger partial charge is 0.310 e. The highest BCUT2D eigenvalue weighted by atomic mass is 79.9. The van der Waals surface area contributed by atoms with E-state index < -0.39 is 0 Å². The standard InChI is InChI=1S/C15H18BrNS/c1-10(2)17-7-12-4-5-13(11(3)6-12)14-8-18-9-15(14)16/h4-6,8-10,17H,7H2,1-3H3. The Labute approximate surface area is 121 Å². The first-order chi connectivity index (χ1) is 8.58. The number of hydrogen-bond donors (Lipinski definition) is 1. The van der Waals surface area contributed by atoms with Crippen LogP contribution in [0, 0.1) is 6.92 Å². The van der Waals surface area contributed by atoms with Crippen molar-refractivity contribution in [2.75, 3.05) is 0 Å². The molecule has 1 heterocycles. The minimum absolute atomic E-state index is 0.524. The quantitative estimate of drug-likeness (QED) is 0.836. The van der Waals surface area contributed by atoms with Gasteiger partial charge in [0.2, 0.25) is 0 Å². The van der Waals surface area contributed by atoms with Crippen LogP contribution in [0.1, 0.15) is 25.0 Å². The fourth-order valence-corrected chi connectivity index (χ4v) is 3.44. The second-order valence-corrected chi connectivity index (χ2v) is 6.42. The van der Waals surface area contributed by atoms with Crippen molar-refractivity contribution in [1.82, 2.24) is 5.32 Å². The van der Waals surface area contributed by atoms with E-state index in [0.29, 0.717) is 6.04 Å². The molecule has 0 aliphatic heterocycles. The summed E-state index contributed by atoms with van der Waals surface area (Å²) in [5.74, 6) is 0. The van der Waals surface area contributed by atoms with E-state index in [1.54, 1.807) is 11.3 Å². The number of rotatable bonds is 4. The number of benzene rings is 1. The number of hydrogen-bond acceptors (Lipinski definition) is 2. The molecule has 0 saturated heterocycles. The van der Waals surface area contributed by atoms with Crippen LogP contribution < -0.4 is 5.32 Å². The highest BCUT2D eigenvalue weighted by Crippen LogP contribution is 2.33. The number of nitrogens with one attached hydrogen (secondary N) is 1. The maximum atomic E-state index is 3.60. The van der Waals surface area contributed by atoms with Crippen LogP contribution in [-0.2, 0) is 6.54 Å². The van der Waals surface area contributed by atoms with Crippen molar-refractivity contribution in [3.8, 4) is 11.1 Å². The first kappa shape index (κ1) is 13.8. The Bertz CT molecular complexity index is 531. The minimum Gasteiger partial charge on any atom is -0.310 e. The lowest BCUT2D eigenvalue weighted by Gasteiger charge is -2.11. The molecule has 0 atom stereocenters. The maximum absolute atomic E-state index is 3.60. The first-order valence-corrected chi connectivity index (χ1v) is 7.86. The Morgan fingerprint density at radius 3 is 2.56 bits per heavy atom. The molecule has 1 nitrogen and oxygen atoms in total. The topological polar surface area (TPSA) is 12.0 Å². The SMILES string of the molecule is Cc1cc(CNC(C)C)ccc1-c1cscc1Br. The molecule has 0 amide bonds. The predicted octanol–water partition coefficient (Wildman–Crippen LogP) is 4.98. The summed E-state index contributed by atoms with van der Waals surface area (Å²) in [4.78, 5) is 0. The van der Waals surface area contributed by atoms with Crippen LogP contribution in [0.15, 0.2) is 33.4 Å². The van der Waals surface area contributed by atoms with Gasteiger partial charge in [0.15, 0.2) is 0 Å². The summed E-state index contributed by atoms with van der Waals surface area (Å²) in [5, 5.41) is 7.77. The van der Waals surface area contributed by atoms with Gasteiger partial charge in [0.05, 0.1) is 0 Å². The summed E-state index contributed by atoms with van der Waals surface area (Å²) in [7, 11) is 0. The maximum Gasteiger partial charge on any atom is 0.0360 e.